The summed E-state index contributed by atoms with van der Waals surface area (Å²) in [7, 11) is -3.59. The van der Waals surface area contributed by atoms with E-state index in [0.29, 0.717) is 30.3 Å². The van der Waals surface area contributed by atoms with Crippen molar-refractivity contribution >= 4 is 44.7 Å². The van der Waals surface area contributed by atoms with Crippen LogP contribution < -0.4 is 15.4 Å². The van der Waals surface area contributed by atoms with Crippen molar-refractivity contribution < 1.29 is 13.2 Å². The lowest BCUT2D eigenvalue weighted by Gasteiger charge is -2.35. The molecule has 2 aliphatic heterocycles. The van der Waals surface area contributed by atoms with Crippen LogP contribution in [-0.4, -0.2) is 65.8 Å². The van der Waals surface area contributed by atoms with Crippen LogP contribution in [0.15, 0.2) is 30.5 Å². The van der Waals surface area contributed by atoms with E-state index in [0.717, 1.165) is 42.6 Å². The van der Waals surface area contributed by atoms with Crippen LogP contribution in [0.3, 0.4) is 0 Å². The number of anilines is 2. The van der Waals surface area contributed by atoms with Gasteiger partial charge in [-0.2, -0.15) is 5.10 Å². The van der Waals surface area contributed by atoms with Gasteiger partial charge in [0.1, 0.15) is 5.82 Å². The third kappa shape index (κ3) is 5.16. The Morgan fingerprint density at radius 2 is 2.05 bits per heavy atom. The number of rotatable bonds is 5. The summed E-state index contributed by atoms with van der Waals surface area (Å²) < 4.78 is 28.0. The molecule has 0 saturated carbocycles. The second kappa shape index (κ2) is 10.1. The molecule has 0 spiro atoms. The van der Waals surface area contributed by atoms with Crippen LogP contribution in [0.1, 0.15) is 46.9 Å². The summed E-state index contributed by atoms with van der Waals surface area (Å²) in [5, 5.41) is 5.13. The zero-order chi connectivity index (χ0) is 27.2. The summed E-state index contributed by atoms with van der Waals surface area (Å²) in [5.74, 6) is 3.26. The molecular formula is C26H30ClN7O3S. The summed E-state index contributed by atoms with van der Waals surface area (Å²) in [6, 6.07) is 6.05. The number of hydrogen-bond donors (Lipinski definition) is 2. The number of nitrogens with one attached hydrogen (secondary N) is 1. The maximum atomic E-state index is 13.8. The summed E-state index contributed by atoms with van der Waals surface area (Å²) >= 11 is 6.19. The number of likely N-dealkylation sites (tertiary alicyclic amines) is 1. The first-order chi connectivity index (χ1) is 18.0. The largest absolute Gasteiger partial charge is 0.353 e. The molecule has 0 aliphatic carbocycles. The Balaban J connectivity index is 1.48. The second-order valence-corrected chi connectivity index (χ2v) is 12.2. The first-order valence-corrected chi connectivity index (χ1v) is 14.7. The van der Waals surface area contributed by atoms with Crippen LogP contribution in [0.2, 0.25) is 5.02 Å². The molecule has 0 unspecified atom stereocenters. The maximum absolute atomic E-state index is 13.8. The first-order valence-electron chi connectivity index (χ1n) is 12.5. The molecule has 5 rings (SSSR count). The zero-order valence-corrected chi connectivity index (χ0v) is 22.8. The summed E-state index contributed by atoms with van der Waals surface area (Å²) in [6.45, 7) is 3.77. The summed E-state index contributed by atoms with van der Waals surface area (Å²) in [6.07, 6.45) is 11.1. The number of nitrogens with two attached hydrogens (primary N) is 1. The highest BCUT2D eigenvalue weighted by Gasteiger charge is 2.33. The zero-order valence-electron chi connectivity index (χ0n) is 21.3. The van der Waals surface area contributed by atoms with Gasteiger partial charge in [0.2, 0.25) is 10.0 Å². The van der Waals surface area contributed by atoms with Crippen molar-refractivity contribution in [2.24, 2.45) is 11.7 Å². The van der Waals surface area contributed by atoms with E-state index >= 15 is 0 Å². The van der Waals surface area contributed by atoms with Crippen molar-refractivity contribution in [3.63, 3.8) is 0 Å². The smallest absolute Gasteiger partial charge is 0.256 e. The number of carbonyl (C=O) groups is 1. The van der Waals surface area contributed by atoms with Gasteiger partial charge in [0, 0.05) is 48.5 Å². The van der Waals surface area contributed by atoms with Gasteiger partial charge in [0.05, 0.1) is 35.2 Å². The maximum Gasteiger partial charge on any atom is 0.256 e. The van der Waals surface area contributed by atoms with E-state index in [4.69, 9.17) is 33.8 Å². The average molecular weight is 556 g/mol. The molecule has 2 saturated heterocycles. The summed E-state index contributed by atoms with van der Waals surface area (Å²) in [4.78, 5) is 22.5. The predicted molar refractivity (Wildman–Crippen MR) is 148 cm³/mol. The van der Waals surface area contributed by atoms with Gasteiger partial charge in [-0.15, -0.1) is 6.42 Å². The van der Waals surface area contributed by atoms with Gasteiger partial charge < -0.3 is 15.5 Å². The molecular weight excluding hydrogens is 526 g/mol. The lowest BCUT2D eigenvalue weighted by molar-refractivity contribution is 0.0607. The number of aromatic nitrogens is 3. The molecule has 4 heterocycles. The molecule has 1 aromatic carbocycles. The summed E-state index contributed by atoms with van der Waals surface area (Å²) in [5.41, 5.74) is 8.94. The van der Waals surface area contributed by atoms with Crippen LogP contribution in [0.25, 0.3) is 5.65 Å². The molecule has 1 amide bonds. The molecule has 38 heavy (non-hydrogen) atoms. The standard InChI is InChI=1S/C26H30ClN7O3S/c1-4-17-14-32(15-20(17)28)25-16(2)13-34-24(29-25)12-22(30-34)23-7-5-6-10-33(23)26(35)19-11-18(27)8-9-21(19)31-38(3,36)37/h1,8-9,11-13,17,20,23,31H,5-7,10,14-15,28H2,2-3H3/t17-,20+,23-/m0/s1. The Kier molecular flexibility index (Phi) is 6.98. The molecule has 2 aromatic heterocycles. The highest BCUT2D eigenvalue weighted by atomic mass is 35.5. The van der Waals surface area contributed by atoms with Crippen molar-refractivity contribution in [2.75, 3.05) is 35.5 Å². The van der Waals surface area contributed by atoms with Gasteiger partial charge in [-0.25, -0.2) is 17.9 Å². The molecule has 3 N–H and O–H groups in total. The number of nitrogens with zero attached hydrogens (tertiary/aromatic N) is 5. The van der Waals surface area contributed by atoms with Gasteiger partial charge in [-0.1, -0.05) is 17.5 Å². The van der Waals surface area contributed by atoms with E-state index in [1.54, 1.807) is 15.5 Å². The molecule has 2 fully saturated rings. The van der Waals surface area contributed by atoms with Crippen LogP contribution >= 0.6 is 11.6 Å². The Labute approximate surface area is 227 Å². The molecule has 200 valence electrons. The highest BCUT2D eigenvalue weighted by Crippen LogP contribution is 2.34. The number of halogens is 1. The minimum Gasteiger partial charge on any atom is -0.353 e. The van der Waals surface area contributed by atoms with Crippen molar-refractivity contribution in [1.29, 1.82) is 0 Å². The molecule has 10 nitrogen and oxygen atoms in total. The Morgan fingerprint density at radius 3 is 2.76 bits per heavy atom. The van der Waals surface area contributed by atoms with E-state index in [2.05, 4.69) is 15.5 Å². The SMILES string of the molecule is C#C[C@H]1CN(c2nc3cc([C@@H]4CCCCN4C(=O)c4cc(Cl)ccc4NS(C)(=O)=O)nn3cc2C)C[C@H]1N. The average Bonchev–Trinajstić information content (AvgIpc) is 3.45. The van der Waals surface area contributed by atoms with Crippen molar-refractivity contribution in [3.05, 3.63) is 52.3 Å². The number of fused-ring (bicyclic) bond motifs is 1. The molecule has 3 atom stereocenters. The number of benzene rings is 1. The fraction of sp³-hybridized carbons (Fsp3) is 0.423. The number of amides is 1. The Morgan fingerprint density at radius 1 is 1.26 bits per heavy atom. The number of aryl methyl sites for hydroxylation is 1. The van der Waals surface area contributed by atoms with Crippen LogP contribution in [0, 0.1) is 25.2 Å². The van der Waals surface area contributed by atoms with E-state index in [9.17, 15) is 13.2 Å². The second-order valence-electron chi connectivity index (χ2n) is 10.0. The van der Waals surface area contributed by atoms with Crippen LogP contribution in [0.5, 0.6) is 0 Å². The number of sulfonamides is 1. The third-order valence-corrected chi connectivity index (χ3v) is 7.94. The van der Waals surface area contributed by atoms with E-state index < -0.39 is 10.0 Å². The molecule has 0 radical (unpaired) electrons. The highest BCUT2D eigenvalue weighted by molar-refractivity contribution is 7.92. The van der Waals surface area contributed by atoms with E-state index in [-0.39, 0.29) is 35.2 Å². The van der Waals surface area contributed by atoms with Gasteiger partial charge in [-0.05, 0) is 44.4 Å². The molecule has 2 aliphatic rings. The number of terminal acetylenes is 1. The Hall–Kier alpha value is -3.33. The molecule has 12 heteroatoms. The lowest BCUT2D eigenvalue weighted by atomic mass is 9.98. The van der Waals surface area contributed by atoms with Crippen molar-refractivity contribution in [2.45, 2.75) is 38.3 Å². The minimum absolute atomic E-state index is 0.0247. The monoisotopic (exact) mass is 555 g/mol. The third-order valence-electron chi connectivity index (χ3n) is 7.12. The minimum atomic E-state index is -3.59. The topological polar surface area (TPSA) is 126 Å². The van der Waals surface area contributed by atoms with Crippen molar-refractivity contribution in [3.8, 4) is 12.3 Å². The fourth-order valence-corrected chi connectivity index (χ4v) is 6.05. The van der Waals surface area contributed by atoms with Crippen LogP contribution in [0.4, 0.5) is 11.5 Å². The Bertz CT molecular complexity index is 1550. The lowest BCUT2D eigenvalue weighted by Crippen LogP contribution is -2.39. The molecule has 3 aromatic rings. The van der Waals surface area contributed by atoms with Gasteiger partial charge in [0.15, 0.2) is 5.65 Å². The molecule has 0 bridgehead atoms. The number of hydrogen-bond acceptors (Lipinski definition) is 7. The number of carbonyl (C=O) groups excluding carboxylic acids is 1. The first kappa shape index (κ1) is 26.3. The quantitative estimate of drug-likeness (QED) is 0.464. The number of piperidine rings is 1. The van der Waals surface area contributed by atoms with Gasteiger partial charge in [0.25, 0.3) is 5.91 Å². The normalized spacial score (nSPS) is 22.0. The van der Waals surface area contributed by atoms with Crippen molar-refractivity contribution in [1.82, 2.24) is 19.5 Å². The van der Waals surface area contributed by atoms with Crippen LogP contribution in [-0.2, 0) is 10.0 Å². The predicted octanol–water partition coefficient (Wildman–Crippen LogP) is 2.83. The fourth-order valence-electron chi connectivity index (χ4n) is 5.30. The van der Waals surface area contributed by atoms with Gasteiger partial charge >= 0.3 is 0 Å². The van der Waals surface area contributed by atoms with Gasteiger partial charge in [-0.3, -0.25) is 9.52 Å². The van der Waals surface area contributed by atoms with E-state index in [1.807, 2.05) is 19.2 Å². The van der Waals surface area contributed by atoms with E-state index in [1.165, 1.54) is 12.1 Å².